The maximum absolute atomic E-state index is 5.86. The highest BCUT2D eigenvalue weighted by molar-refractivity contribution is 7.80. The largest absolute Gasteiger partial charge is 0.377 e. The van der Waals surface area contributed by atoms with Gasteiger partial charge in [0.25, 0.3) is 0 Å². The zero-order chi connectivity index (χ0) is 10.9. The lowest BCUT2D eigenvalue weighted by molar-refractivity contribution is 0.117. The van der Waals surface area contributed by atoms with E-state index < -0.39 is 0 Å². The summed E-state index contributed by atoms with van der Waals surface area (Å²) in [4.78, 5) is 0. The van der Waals surface area contributed by atoms with Gasteiger partial charge in [-0.1, -0.05) is 30.2 Å². The van der Waals surface area contributed by atoms with Gasteiger partial charge in [0.1, 0.15) is 0 Å². The quantitative estimate of drug-likeness (QED) is 0.564. The van der Waals surface area contributed by atoms with E-state index in [1.54, 1.807) is 0 Å². The fraction of sp³-hybridized carbons (Fsp3) is 0.500. The van der Waals surface area contributed by atoms with Crippen LogP contribution in [-0.4, -0.2) is 12.4 Å². The van der Waals surface area contributed by atoms with E-state index in [0.717, 1.165) is 29.4 Å². The van der Waals surface area contributed by atoms with Crippen molar-refractivity contribution in [1.29, 1.82) is 0 Å². The van der Waals surface area contributed by atoms with Gasteiger partial charge in [-0.3, -0.25) is 0 Å². The molecular formula is C12H17ClOS. The molecule has 0 unspecified atom stereocenters. The summed E-state index contributed by atoms with van der Waals surface area (Å²) >= 11 is 10.0. The zero-order valence-corrected chi connectivity index (χ0v) is 10.4. The highest BCUT2D eigenvalue weighted by atomic mass is 35.5. The van der Waals surface area contributed by atoms with Crippen LogP contribution in [-0.2, 0) is 11.3 Å². The number of benzene rings is 1. The molecule has 84 valence electrons. The summed E-state index contributed by atoms with van der Waals surface area (Å²) < 4.78 is 5.54. The molecule has 0 aliphatic carbocycles. The minimum Gasteiger partial charge on any atom is -0.377 e. The van der Waals surface area contributed by atoms with Gasteiger partial charge in [0.2, 0.25) is 0 Å². The summed E-state index contributed by atoms with van der Waals surface area (Å²) in [6.45, 7) is 1.47. The van der Waals surface area contributed by atoms with Crippen molar-refractivity contribution in [3.05, 3.63) is 34.9 Å². The van der Waals surface area contributed by atoms with Crippen LogP contribution in [0.25, 0.3) is 0 Å². The van der Waals surface area contributed by atoms with Gasteiger partial charge in [0, 0.05) is 11.6 Å². The van der Waals surface area contributed by atoms with Crippen LogP contribution in [0, 0.1) is 0 Å². The van der Waals surface area contributed by atoms with Crippen LogP contribution >= 0.6 is 24.2 Å². The Balaban J connectivity index is 2.10. The molecule has 0 radical (unpaired) electrons. The summed E-state index contributed by atoms with van der Waals surface area (Å²) in [5, 5.41) is 0.770. The molecule has 1 aromatic rings. The average molecular weight is 245 g/mol. The standard InChI is InChI=1S/C12H17ClOS/c13-12-6-4-5-11(9-12)10-14-7-2-1-3-8-15/h4-6,9,15H,1-3,7-8,10H2. The molecule has 0 atom stereocenters. The van der Waals surface area contributed by atoms with Crippen molar-refractivity contribution in [1.82, 2.24) is 0 Å². The summed E-state index contributed by atoms with van der Waals surface area (Å²) in [5.74, 6) is 0.967. The minimum absolute atomic E-state index is 0.654. The number of ether oxygens (including phenoxy) is 1. The van der Waals surface area contributed by atoms with E-state index in [-0.39, 0.29) is 0 Å². The first-order valence-corrected chi connectivity index (χ1v) is 6.27. The van der Waals surface area contributed by atoms with Gasteiger partial charge >= 0.3 is 0 Å². The number of hydrogen-bond donors (Lipinski definition) is 1. The fourth-order valence-electron chi connectivity index (χ4n) is 1.31. The first kappa shape index (κ1) is 12.9. The molecule has 0 spiro atoms. The molecule has 1 nitrogen and oxygen atoms in total. The van der Waals surface area contributed by atoms with Crippen molar-refractivity contribution >= 4 is 24.2 Å². The molecule has 0 heterocycles. The Bertz CT molecular complexity index is 278. The maximum Gasteiger partial charge on any atom is 0.0717 e. The van der Waals surface area contributed by atoms with Gasteiger partial charge < -0.3 is 4.74 Å². The van der Waals surface area contributed by atoms with Crippen LogP contribution in [0.15, 0.2) is 24.3 Å². The highest BCUT2D eigenvalue weighted by Crippen LogP contribution is 2.11. The van der Waals surface area contributed by atoms with Crippen molar-refractivity contribution < 1.29 is 4.74 Å². The lowest BCUT2D eigenvalue weighted by Gasteiger charge is -2.04. The Hall–Kier alpha value is -0.180. The molecule has 0 aliphatic heterocycles. The second kappa shape index (κ2) is 8.03. The second-order valence-electron chi connectivity index (χ2n) is 3.47. The molecule has 0 saturated carbocycles. The Kier molecular flexibility index (Phi) is 6.90. The van der Waals surface area contributed by atoms with Gasteiger partial charge in [-0.2, -0.15) is 12.6 Å². The second-order valence-corrected chi connectivity index (χ2v) is 4.35. The SMILES string of the molecule is SCCCCCOCc1cccc(Cl)c1. The average Bonchev–Trinajstić information content (AvgIpc) is 2.23. The Morgan fingerprint density at radius 1 is 1.20 bits per heavy atom. The van der Waals surface area contributed by atoms with E-state index in [9.17, 15) is 0 Å². The molecule has 0 amide bonds. The van der Waals surface area contributed by atoms with Crippen LogP contribution < -0.4 is 0 Å². The van der Waals surface area contributed by atoms with Crippen LogP contribution in [0.1, 0.15) is 24.8 Å². The third-order valence-corrected chi connectivity index (χ3v) is 2.66. The third kappa shape index (κ3) is 6.08. The summed E-state index contributed by atoms with van der Waals surface area (Å²) in [7, 11) is 0. The predicted octanol–water partition coefficient (Wildman–Crippen LogP) is 3.96. The Labute approximate surface area is 102 Å². The van der Waals surface area contributed by atoms with E-state index >= 15 is 0 Å². The summed E-state index contributed by atoms with van der Waals surface area (Å²) in [6.07, 6.45) is 3.48. The fourth-order valence-corrected chi connectivity index (χ4v) is 1.75. The number of rotatable bonds is 7. The molecule has 3 heteroatoms. The van der Waals surface area contributed by atoms with E-state index in [4.69, 9.17) is 16.3 Å². The highest BCUT2D eigenvalue weighted by Gasteiger charge is 1.94. The molecule has 0 aromatic heterocycles. The van der Waals surface area contributed by atoms with Crippen molar-refractivity contribution in [2.24, 2.45) is 0 Å². The van der Waals surface area contributed by atoms with Gasteiger partial charge in [-0.05, 0) is 36.3 Å². The first-order chi connectivity index (χ1) is 7.33. The van der Waals surface area contributed by atoms with Gasteiger partial charge in [0.05, 0.1) is 6.61 Å². The van der Waals surface area contributed by atoms with Crippen LogP contribution in [0.2, 0.25) is 5.02 Å². The lowest BCUT2D eigenvalue weighted by Crippen LogP contribution is -1.95. The number of hydrogen-bond acceptors (Lipinski definition) is 2. The van der Waals surface area contributed by atoms with Crippen LogP contribution in [0.3, 0.4) is 0 Å². The van der Waals surface area contributed by atoms with E-state index in [1.165, 1.54) is 12.8 Å². The Morgan fingerprint density at radius 3 is 2.80 bits per heavy atom. The van der Waals surface area contributed by atoms with Crippen LogP contribution in [0.4, 0.5) is 0 Å². The lowest BCUT2D eigenvalue weighted by atomic mass is 10.2. The molecule has 1 rings (SSSR count). The number of halogens is 1. The van der Waals surface area contributed by atoms with Crippen molar-refractivity contribution in [3.8, 4) is 0 Å². The summed E-state index contributed by atoms with van der Waals surface area (Å²) in [5.41, 5.74) is 1.14. The van der Waals surface area contributed by atoms with E-state index in [0.29, 0.717) is 6.61 Å². The normalized spacial score (nSPS) is 10.5. The van der Waals surface area contributed by atoms with Crippen molar-refractivity contribution in [2.45, 2.75) is 25.9 Å². The smallest absolute Gasteiger partial charge is 0.0717 e. The predicted molar refractivity (Wildman–Crippen MR) is 68.8 cm³/mol. The molecule has 1 aromatic carbocycles. The van der Waals surface area contributed by atoms with Gasteiger partial charge in [-0.25, -0.2) is 0 Å². The third-order valence-electron chi connectivity index (χ3n) is 2.10. The number of thiol groups is 1. The van der Waals surface area contributed by atoms with Gasteiger partial charge in [-0.15, -0.1) is 0 Å². The molecule has 0 bridgehead atoms. The topological polar surface area (TPSA) is 9.23 Å². The maximum atomic E-state index is 5.86. The van der Waals surface area contributed by atoms with Crippen molar-refractivity contribution in [3.63, 3.8) is 0 Å². The zero-order valence-electron chi connectivity index (χ0n) is 8.79. The van der Waals surface area contributed by atoms with E-state index in [2.05, 4.69) is 12.6 Å². The summed E-state index contributed by atoms with van der Waals surface area (Å²) in [6, 6.07) is 7.79. The Morgan fingerprint density at radius 2 is 2.07 bits per heavy atom. The molecule has 0 aliphatic rings. The molecule has 15 heavy (non-hydrogen) atoms. The van der Waals surface area contributed by atoms with E-state index in [1.807, 2.05) is 24.3 Å². The monoisotopic (exact) mass is 244 g/mol. The molecular weight excluding hydrogens is 228 g/mol. The number of unbranched alkanes of at least 4 members (excludes halogenated alkanes) is 2. The van der Waals surface area contributed by atoms with Crippen molar-refractivity contribution in [2.75, 3.05) is 12.4 Å². The van der Waals surface area contributed by atoms with Crippen LogP contribution in [0.5, 0.6) is 0 Å². The molecule has 0 fully saturated rings. The first-order valence-electron chi connectivity index (χ1n) is 5.26. The minimum atomic E-state index is 0.654. The van der Waals surface area contributed by atoms with Gasteiger partial charge in [0.15, 0.2) is 0 Å². The molecule has 0 N–H and O–H groups in total. The molecule has 0 saturated heterocycles.